The van der Waals surface area contributed by atoms with E-state index in [4.69, 9.17) is 10.3 Å². The summed E-state index contributed by atoms with van der Waals surface area (Å²) >= 11 is 0. The normalized spacial score (nSPS) is 23.1. The van der Waals surface area contributed by atoms with Gasteiger partial charge in [-0.25, -0.2) is 0 Å². The van der Waals surface area contributed by atoms with Crippen LogP contribution in [0.1, 0.15) is 25.3 Å². The molecule has 1 aliphatic heterocycles. The minimum atomic E-state index is -0.369. The summed E-state index contributed by atoms with van der Waals surface area (Å²) < 4.78 is 5.07. The molecule has 2 rings (SSSR count). The predicted molar refractivity (Wildman–Crippen MR) is 57.4 cm³/mol. The fourth-order valence-electron chi connectivity index (χ4n) is 1.71. The van der Waals surface area contributed by atoms with Crippen LogP contribution >= 0.6 is 0 Å². The van der Waals surface area contributed by atoms with Gasteiger partial charge in [-0.15, -0.1) is 6.58 Å². The van der Waals surface area contributed by atoms with Gasteiger partial charge in [-0.1, -0.05) is 13.0 Å². The number of rotatable bonds is 3. The summed E-state index contributed by atoms with van der Waals surface area (Å²) in [6.07, 6.45) is 2.77. The van der Waals surface area contributed by atoms with Crippen LogP contribution in [-0.2, 0) is 0 Å². The number of nitrogens with zero attached hydrogens (tertiary/aromatic N) is 3. The summed E-state index contributed by atoms with van der Waals surface area (Å²) in [5.74, 6) is 1.77. The fourth-order valence-corrected chi connectivity index (χ4v) is 1.71. The van der Waals surface area contributed by atoms with E-state index >= 15 is 0 Å². The van der Waals surface area contributed by atoms with E-state index in [9.17, 15) is 0 Å². The minimum absolute atomic E-state index is 0.369. The lowest BCUT2D eigenvalue weighted by Crippen LogP contribution is -2.20. The molecule has 0 radical (unpaired) electrons. The number of hydrogen-bond acceptors (Lipinski definition) is 5. The molecule has 2 atom stereocenters. The number of nitrogens with two attached hydrogens (primary N) is 1. The van der Waals surface area contributed by atoms with E-state index in [1.165, 1.54) is 6.42 Å². The Hall–Kier alpha value is -1.36. The molecule has 0 aliphatic carbocycles. The second-order valence-electron chi connectivity index (χ2n) is 4.03. The van der Waals surface area contributed by atoms with Crippen molar-refractivity contribution in [3.8, 4) is 0 Å². The molecule has 0 bridgehead atoms. The van der Waals surface area contributed by atoms with Gasteiger partial charge in [0.2, 0.25) is 5.89 Å². The Kier molecular flexibility index (Phi) is 2.73. The number of hydrogen-bond donors (Lipinski definition) is 1. The Morgan fingerprint density at radius 3 is 3.13 bits per heavy atom. The molecule has 1 saturated heterocycles. The Labute approximate surface area is 88.9 Å². The largest absolute Gasteiger partial charge is 0.338 e. The zero-order chi connectivity index (χ0) is 10.8. The highest BCUT2D eigenvalue weighted by Gasteiger charge is 2.23. The maximum atomic E-state index is 5.70. The summed E-state index contributed by atoms with van der Waals surface area (Å²) in [5, 5.41) is 3.91. The summed E-state index contributed by atoms with van der Waals surface area (Å²) in [5.41, 5.74) is 5.70. The zero-order valence-corrected chi connectivity index (χ0v) is 8.89. The van der Waals surface area contributed by atoms with E-state index in [0.29, 0.717) is 17.8 Å². The topological polar surface area (TPSA) is 68.2 Å². The first-order valence-electron chi connectivity index (χ1n) is 5.17. The monoisotopic (exact) mass is 208 g/mol. The van der Waals surface area contributed by atoms with Crippen molar-refractivity contribution in [1.29, 1.82) is 0 Å². The van der Waals surface area contributed by atoms with Crippen LogP contribution in [-0.4, -0.2) is 23.2 Å². The number of aromatic nitrogens is 2. The highest BCUT2D eigenvalue weighted by molar-refractivity contribution is 5.30. The third-order valence-corrected chi connectivity index (χ3v) is 2.68. The smallest absolute Gasteiger partial charge is 0.266 e. The quantitative estimate of drug-likeness (QED) is 0.753. The lowest BCUT2D eigenvalue weighted by Gasteiger charge is -2.11. The SMILES string of the molecule is C=C[C@H](N)c1nc(N2CCC(C)C2)no1. The molecule has 2 N–H and O–H groups in total. The fraction of sp³-hybridized carbons (Fsp3) is 0.600. The maximum Gasteiger partial charge on any atom is 0.266 e. The van der Waals surface area contributed by atoms with Crippen molar-refractivity contribution in [2.45, 2.75) is 19.4 Å². The van der Waals surface area contributed by atoms with Gasteiger partial charge < -0.3 is 15.2 Å². The molecule has 0 aromatic carbocycles. The van der Waals surface area contributed by atoms with E-state index in [1.54, 1.807) is 6.08 Å². The van der Waals surface area contributed by atoms with E-state index in [2.05, 4.69) is 28.5 Å². The predicted octanol–water partition coefficient (Wildman–Crippen LogP) is 1.10. The summed E-state index contributed by atoms with van der Waals surface area (Å²) in [7, 11) is 0. The van der Waals surface area contributed by atoms with Gasteiger partial charge in [0.25, 0.3) is 5.95 Å². The summed E-state index contributed by atoms with van der Waals surface area (Å²) in [4.78, 5) is 6.37. The van der Waals surface area contributed by atoms with E-state index in [0.717, 1.165) is 13.1 Å². The third kappa shape index (κ3) is 2.02. The van der Waals surface area contributed by atoms with Gasteiger partial charge in [0.1, 0.15) is 6.04 Å². The van der Waals surface area contributed by atoms with E-state index in [1.807, 2.05) is 0 Å². The summed E-state index contributed by atoms with van der Waals surface area (Å²) in [6, 6.07) is -0.369. The average Bonchev–Trinajstić information content (AvgIpc) is 2.84. The summed E-state index contributed by atoms with van der Waals surface area (Å²) in [6.45, 7) is 7.79. The molecule has 2 heterocycles. The molecule has 15 heavy (non-hydrogen) atoms. The van der Waals surface area contributed by atoms with Crippen LogP contribution in [0.5, 0.6) is 0 Å². The molecular formula is C10H16N4O. The van der Waals surface area contributed by atoms with E-state index in [-0.39, 0.29) is 6.04 Å². The van der Waals surface area contributed by atoms with Crippen LogP contribution in [0.4, 0.5) is 5.95 Å². The van der Waals surface area contributed by atoms with Crippen molar-refractivity contribution in [2.75, 3.05) is 18.0 Å². The van der Waals surface area contributed by atoms with Gasteiger partial charge >= 0.3 is 0 Å². The third-order valence-electron chi connectivity index (χ3n) is 2.68. The zero-order valence-electron chi connectivity index (χ0n) is 8.89. The van der Waals surface area contributed by atoms with Crippen molar-refractivity contribution in [3.63, 3.8) is 0 Å². The minimum Gasteiger partial charge on any atom is -0.338 e. The van der Waals surface area contributed by atoms with Crippen molar-refractivity contribution >= 4 is 5.95 Å². The maximum absolute atomic E-state index is 5.70. The molecule has 1 aliphatic rings. The molecule has 1 aromatic heterocycles. The van der Waals surface area contributed by atoms with Crippen LogP contribution in [0.25, 0.3) is 0 Å². The van der Waals surface area contributed by atoms with Crippen molar-refractivity contribution < 1.29 is 4.52 Å². The molecule has 5 nitrogen and oxygen atoms in total. The molecule has 0 saturated carbocycles. The Morgan fingerprint density at radius 2 is 2.53 bits per heavy atom. The lowest BCUT2D eigenvalue weighted by molar-refractivity contribution is 0.369. The first kappa shape index (κ1) is 10.2. The lowest BCUT2D eigenvalue weighted by atomic mass is 10.2. The van der Waals surface area contributed by atoms with Gasteiger partial charge in [-0.3, -0.25) is 0 Å². The molecule has 82 valence electrons. The van der Waals surface area contributed by atoms with Crippen LogP contribution in [0.3, 0.4) is 0 Å². The first-order chi connectivity index (χ1) is 7.20. The molecule has 5 heteroatoms. The average molecular weight is 208 g/mol. The standard InChI is InChI=1S/C10H16N4O/c1-3-8(11)9-12-10(13-15-9)14-5-4-7(2)6-14/h3,7-8H,1,4-6,11H2,2H3/t7?,8-/m0/s1. The van der Waals surface area contributed by atoms with Crippen LogP contribution < -0.4 is 10.6 Å². The van der Waals surface area contributed by atoms with Crippen LogP contribution in [0, 0.1) is 5.92 Å². The van der Waals surface area contributed by atoms with Crippen LogP contribution in [0.15, 0.2) is 17.2 Å². The molecule has 1 fully saturated rings. The molecule has 1 aromatic rings. The Balaban J connectivity index is 2.10. The molecule has 1 unspecified atom stereocenters. The van der Waals surface area contributed by atoms with E-state index < -0.39 is 0 Å². The van der Waals surface area contributed by atoms with Gasteiger partial charge in [0.05, 0.1) is 0 Å². The molecule has 0 amide bonds. The van der Waals surface area contributed by atoms with Crippen molar-refractivity contribution in [2.24, 2.45) is 11.7 Å². The molecular weight excluding hydrogens is 192 g/mol. The van der Waals surface area contributed by atoms with Gasteiger partial charge in [0, 0.05) is 13.1 Å². The van der Waals surface area contributed by atoms with Gasteiger partial charge in [-0.05, 0) is 17.5 Å². The van der Waals surface area contributed by atoms with Crippen molar-refractivity contribution in [3.05, 3.63) is 18.5 Å². The Bertz CT molecular complexity index is 349. The second-order valence-corrected chi connectivity index (χ2v) is 4.03. The Morgan fingerprint density at radius 1 is 1.73 bits per heavy atom. The van der Waals surface area contributed by atoms with Crippen LogP contribution in [0.2, 0.25) is 0 Å². The van der Waals surface area contributed by atoms with Gasteiger partial charge in [0.15, 0.2) is 0 Å². The highest BCUT2D eigenvalue weighted by atomic mass is 16.5. The van der Waals surface area contributed by atoms with Crippen molar-refractivity contribution in [1.82, 2.24) is 10.1 Å². The first-order valence-corrected chi connectivity index (χ1v) is 5.17. The highest BCUT2D eigenvalue weighted by Crippen LogP contribution is 2.21. The molecule has 0 spiro atoms. The second kappa shape index (κ2) is 4.02. The number of anilines is 1. The van der Waals surface area contributed by atoms with Gasteiger partial charge in [-0.2, -0.15) is 4.98 Å².